The van der Waals surface area contributed by atoms with Gasteiger partial charge in [-0.05, 0) is 52.7 Å². The van der Waals surface area contributed by atoms with Crippen molar-refractivity contribution in [3.05, 3.63) is 58.3 Å². The number of carbonyl (C=O) groups is 2. The summed E-state index contributed by atoms with van der Waals surface area (Å²) in [6.45, 7) is -0.151. The van der Waals surface area contributed by atoms with Crippen LogP contribution in [0.4, 0.5) is 0 Å². The van der Waals surface area contributed by atoms with Crippen LogP contribution in [0.5, 0.6) is 5.75 Å². The molecule has 0 saturated heterocycles. The zero-order chi connectivity index (χ0) is 15.1. The molecule has 21 heavy (non-hydrogen) atoms. The van der Waals surface area contributed by atoms with E-state index in [9.17, 15) is 9.59 Å². The van der Waals surface area contributed by atoms with Crippen LogP contribution in [0.25, 0.3) is 6.08 Å². The Morgan fingerprint density at radius 3 is 2.57 bits per heavy atom. The van der Waals surface area contributed by atoms with Crippen LogP contribution in [-0.2, 0) is 9.53 Å². The first-order chi connectivity index (χ1) is 10.2. The predicted molar refractivity (Wildman–Crippen MR) is 81.6 cm³/mol. The second-order valence-corrected chi connectivity index (χ2v) is 4.92. The van der Waals surface area contributed by atoms with Crippen molar-refractivity contribution in [2.24, 2.45) is 0 Å². The number of ketones is 1. The zero-order valence-corrected chi connectivity index (χ0v) is 12.3. The summed E-state index contributed by atoms with van der Waals surface area (Å²) in [5, 5.41) is 3.92. The normalized spacial score (nSPS) is 10.5. The minimum absolute atomic E-state index is 0.0827. The maximum absolute atomic E-state index is 12.0. The third kappa shape index (κ3) is 4.57. The van der Waals surface area contributed by atoms with Gasteiger partial charge in [0.05, 0.1) is 7.11 Å². The minimum Gasteiger partial charge on any atom is -0.482 e. The number of ether oxygens (including phenoxy) is 2. The van der Waals surface area contributed by atoms with E-state index in [2.05, 4.69) is 4.74 Å². The van der Waals surface area contributed by atoms with Gasteiger partial charge >= 0.3 is 5.97 Å². The lowest BCUT2D eigenvalue weighted by atomic mass is 10.1. The van der Waals surface area contributed by atoms with Crippen molar-refractivity contribution in [3.8, 4) is 5.75 Å². The molecule has 4 nitrogen and oxygen atoms in total. The molecule has 0 spiro atoms. The van der Waals surface area contributed by atoms with E-state index in [0.717, 1.165) is 5.56 Å². The van der Waals surface area contributed by atoms with Gasteiger partial charge in [-0.3, -0.25) is 4.79 Å². The van der Waals surface area contributed by atoms with Gasteiger partial charge in [-0.25, -0.2) is 4.79 Å². The number of rotatable bonds is 6. The molecule has 5 heteroatoms. The summed E-state index contributed by atoms with van der Waals surface area (Å²) in [5.41, 5.74) is 1.57. The Bertz CT molecular complexity index is 627. The first-order valence-electron chi connectivity index (χ1n) is 6.23. The fourth-order valence-corrected chi connectivity index (χ4v) is 2.18. The Kier molecular flexibility index (Phi) is 5.29. The fourth-order valence-electron chi connectivity index (χ4n) is 1.55. The smallest absolute Gasteiger partial charge is 0.343 e. The van der Waals surface area contributed by atoms with E-state index in [1.807, 2.05) is 16.8 Å². The largest absolute Gasteiger partial charge is 0.482 e. The van der Waals surface area contributed by atoms with Crippen LogP contribution in [-0.4, -0.2) is 25.5 Å². The summed E-state index contributed by atoms with van der Waals surface area (Å²) in [6.07, 6.45) is 3.31. The number of thiophene rings is 1. The van der Waals surface area contributed by atoms with E-state index in [1.165, 1.54) is 13.2 Å². The van der Waals surface area contributed by atoms with Gasteiger partial charge in [0.1, 0.15) is 5.75 Å². The summed E-state index contributed by atoms with van der Waals surface area (Å²) in [7, 11) is 1.30. The van der Waals surface area contributed by atoms with Crippen LogP contribution in [0.1, 0.15) is 15.9 Å². The number of benzene rings is 1. The summed E-state index contributed by atoms with van der Waals surface area (Å²) in [6, 6.07) is 8.56. The maximum Gasteiger partial charge on any atom is 0.343 e. The highest BCUT2D eigenvalue weighted by Crippen LogP contribution is 2.14. The molecule has 0 aliphatic rings. The molecule has 0 radical (unpaired) electrons. The van der Waals surface area contributed by atoms with Gasteiger partial charge in [0, 0.05) is 5.56 Å². The van der Waals surface area contributed by atoms with Crippen LogP contribution in [0.2, 0.25) is 0 Å². The summed E-state index contributed by atoms with van der Waals surface area (Å²) in [4.78, 5) is 22.9. The second-order valence-electron chi connectivity index (χ2n) is 4.14. The fraction of sp³-hybridized carbons (Fsp3) is 0.125. The summed E-state index contributed by atoms with van der Waals surface area (Å²) in [5.74, 6) is -0.0201. The topological polar surface area (TPSA) is 52.6 Å². The van der Waals surface area contributed by atoms with E-state index >= 15 is 0 Å². The number of esters is 1. The van der Waals surface area contributed by atoms with Crippen LogP contribution in [0.3, 0.4) is 0 Å². The lowest BCUT2D eigenvalue weighted by Gasteiger charge is -2.04. The molecule has 1 aromatic carbocycles. The predicted octanol–water partition coefficient (Wildman–Crippen LogP) is 3.20. The minimum atomic E-state index is -0.450. The monoisotopic (exact) mass is 302 g/mol. The molecular formula is C16H14O4S. The molecule has 0 bridgehead atoms. The number of allylic oxidation sites excluding steroid dienone is 1. The molecule has 0 N–H and O–H groups in total. The van der Waals surface area contributed by atoms with Crippen molar-refractivity contribution in [1.82, 2.24) is 0 Å². The molecule has 0 aliphatic carbocycles. The zero-order valence-electron chi connectivity index (χ0n) is 11.4. The second kappa shape index (κ2) is 7.40. The molecule has 0 aliphatic heterocycles. The van der Waals surface area contributed by atoms with Crippen molar-refractivity contribution in [3.63, 3.8) is 0 Å². The highest BCUT2D eigenvalue weighted by molar-refractivity contribution is 7.08. The molecule has 1 aromatic heterocycles. The van der Waals surface area contributed by atoms with Crippen molar-refractivity contribution < 1.29 is 19.1 Å². The quantitative estimate of drug-likeness (QED) is 0.467. The van der Waals surface area contributed by atoms with Gasteiger partial charge in [0.15, 0.2) is 12.4 Å². The molecule has 1 heterocycles. The van der Waals surface area contributed by atoms with Crippen LogP contribution in [0, 0.1) is 0 Å². The van der Waals surface area contributed by atoms with E-state index in [-0.39, 0.29) is 12.4 Å². The molecule has 0 fully saturated rings. The first-order valence-corrected chi connectivity index (χ1v) is 7.17. The lowest BCUT2D eigenvalue weighted by molar-refractivity contribution is -0.142. The van der Waals surface area contributed by atoms with Gasteiger partial charge in [0.2, 0.25) is 0 Å². The Balaban J connectivity index is 1.95. The Morgan fingerprint density at radius 2 is 1.95 bits per heavy atom. The van der Waals surface area contributed by atoms with Gasteiger partial charge in [-0.2, -0.15) is 11.3 Å². The van der Waals surface area contributed by atoms with Crippen LogP contribution >= 0.6 is 11.3 Å². The standard InChI is InChI=1S/C16H14O4S/c1-19-16(18)10-20-14-5-3-13(4-6-14)15(17)7-2-12-8-9-21-11-12/h2-9,11H,10H2,1H3/b7-2+. The third-order valence-electron chi connectivity index (χ3n) is 2.69. The molecule has 0 amide bonds. The average Bonchev–Trinajstić information content (AvgIpc) is 3.04. The molecule has 0 unspecified atom stereocenters. The van der Waals surface area contributed by atoms with Crippen molar-refractivity contribution in [2.75, 3.05) is 13.7 Å². The van der Waals surface area contributed by atoms with E-state index < -0.39 is 5.97 Å². The van der Waals surface area contributed by atoms with Gasteiger partial charge in [0.25, 0.3) is 0 Å². The highest BCUT2D eigenvalue weighted by atomic mass is 32.1. The number of methoxy groups -OCH3 is 1. The third-order valence-corrected chi connectivity index (χ3v) is 3.39. The number of carbonyl (C=O) groups excluding carboxylic acids is 2. The van der Waals surface area contributed by atoms with Crippen molar-refractivity contribution >= 4 is 29.2 Å². The van der Waals surface area contributed by atoms with E-state index in [1.54, 1.807) is 41.7 Å². The highest BCUT2D eigenvalue weighted by Gasteiger charge is 2.04. The molecule has 108 valence electrons. The van der Waals surface area contributed by atoms with E-state index in [0.29, 0.717) is 11.3 Å². The summed E-state index contributed by atoms with van der Waals surface area (Å²) >= 11 is 1.58. The van der Waals surface area contributed by atoms with Crippen LogP contribution < -0.4 is 4.74 Å². The average molecular weight is 302 g/mol. The molecule has 0 saturated carbocycles. The van der Waals surface area contributed by atoms with Gasteiger partial charge < -0.3 is 9.47 Å². The van der Waals surface area contributed by atoms with Crippen molar-refractivity contribution in [1.29, 1.82) is 0 Å². The number of hydrogen-bond donors (Lipinski definition) is 0. The molecule has 2 aromatic rings. The van der Waals surface area contributed by atoms with Gasteiger partial charge in [-0.15, -0.1) is 0 Å². The molecule has 0 atom stereocenters. The molecular weight excluding hydrogens is 288 g/mol. The lowest BCUT2D eigenvalue weighted by Crippen LogP contribution is -2.12. The Hall–Kier alpha value is -2.40. The number of hydrogen-bond acceptors (Lipinski definition) is 5. The van der Waals surface area contributed by atoms with Crippen LogP contribution in [0.15, 0.2) is 47.2 Å². The first kappa shape index (κ1) is 15.0. The summed E-state index contributed by atoms with van der Waals surface area (Å²) < 4.78 is 9.68. The Labute approximate surface area is 126 Å². The van der Waals surface area contributed by atoms with E-state index in [4.69, 9.17) is 4.74 Å². The maximum atomic E-state index is 12.0. The Morgan fingerprint density at radius 1 is 1.19 bits per heavy atom. The molecule has 2 rings (SSSR count). The SMILES string of the molecule is COC(=O)COc1ccc(C(=O)/C=C/c2ccsc2)cc1. The van der Waals surface area contributed by atoms with Crippen molar-refractivity contribution in [2.45, 2.75) is 0 Å². The van der Waals surface area contributed by atoms with Gasteiger partial charge in [-0.1, -0.05) is 6.08 Å².